The largest absolute Gasteiger partial charge is 0.495 e. The van der Waals surface area contributed by atoms with Crippen molar-refractivity contribution in [1.29, 1.82) is 0 Å². The molecule has 0 aliphatic carbocycles. The Labute approximate surface area is 172 Å². The van der Waals surface area contributed by atoms with E-state index in [1.165, 1.54) is 0 Å². The molecule has 0 heterocycles. The van der Waals surface area contributed by atoms with E-state index in [1.54, 1.807) is 37.6 Å². The minimum absolute atomic E-state index is 0.0929. The molecule has 142 valence electrons. The summed E-state index contributed by atoms with van der Waals surface area (Å²) < 4.78 is 11.8. The summed E-state index contributed by atoms with van der Waals surface area (Å²) in [6.07, 6.45) is 1.78. The Kier molecular flexibility index (Phi) is 6.81. The molecule has 3 aromatic carbocycles. The normalized spacial score (nSPS) is 10.6. The van der Waals surface area contributed by atoms with Gasteiger partial charge < -0.3 is 14.8 Å². The van der Waals surface area contributed by atoms with Crippen LogP contribution in [0, 0.1) is 0 Å². The number of rotatable bonds is 7. The topological polar surface area (TPSA) is 59.9 Å². The number of carbonyl (C=O) groups is 1. The van der Waals surface area contributed by atoms with Gasteiger partial charge in [0.05, 0.1) is 18.5 Å². The van der Waals surface area contributed by atoms with Crippen molar-refractivity contribution < 1.29 is 14.3 Å². The monoisotopic (exact) mass is 438 g/mol. The molecule has 0 bridgehead atoms. The molecule has 0 spiro atoms. The molecule has 28 heavy (non-hydrogen) atoms. The zero-order valence-corrected chi connectivity index (χ0v) is 16.8. The molecule has 0 aliphatic heterocycles. The number of para-hydroxylation sites is 2. The Morgan fingerprint density at radius 3 is 2.46 bits per heavy atom. The molecule has 3 rings (SSSR count). The number of anilines is 1. The van der Waals surface area contributed by atoms with Gasteiger partial charge in [0.1, 0.15) is 11.5 Å². The summed E-state index contributed by atoms with van der Waals surface area (Å²) in [5.41, 5.74) is 2.42. The summed E-state index contributed by atoms with van der Waals surface area (Å²) in [5.74, 6) is 0.951. The number of halogens is 1. The van der Waals surface area contributed by atoms with Crippen molar-refractivity contribution >= 4 is 39.4 Å². The van der Waals surface area contributed by atoms with Crippen molar-refractivity contribution in [3.05, 3.63) is 82.8 Å². The predicted molar refractivity (Wildman–Crippen MR) is 115 cm³/mol. The van der Waals surface area contributed by atoms with E-state index in [4.69, 9.17) is 9.47 Å². The number of ether oxygens (including phenoxy) is 2. The smallest absolute Gasteiger partial charge is 0.262 e. The number of methoxy groups -OCH3 is 1. The van der Waals surface area contributed by atoms with Crippen molar-refractivity contribution in [1.82, 2.24) is 0 Å². The van der Waals surface area contributed by atoms with Gasteiger partial charge in [0.25, 0.3) is 5.91 Å². The fourth-order valence-electron chi connectivity index (χ4n) is 2.41. The quantitative estimate of drug-likeness (QED) is 0.514. The Morgan fingerprint density at radius 2 is 1.75 bits per heavy atom. The van der Waals surface area contributed by atoms with E-state index in [1.807, 2.05) is 48.5 Å². The number of nitrogens with zero attached hydrogens (tertiary/aromatic N) is 1. The average Bonchev–Trinajstić information content (AvgIpc) is 2.73. The van der Waals surface area contributed by atoms with Gasteiger partial charge in [0, 0.05) is 10.7 Å². The highest BCUT2D eigenvalue weighted by Gasteiger charge is 2.07. The molecule has 6 heteroatoms. The third kappa shape index (κ3) is 5.69. The van der Waals surface area contributed by atoms with Gasteiger partial charge in [-0.05, 0) is 66.2 Å². The van der Waals surface area contributed by atoms with Crippen LogP contribution in [-0.4, -0.2) is 25.8 Å². The summed E-state index contributed by atoms with van der Waals surface area (Å²) in [4.78, 5) is 16.5. The summed E-state index contributed by atoms with van der Waals surface area (Å²) in [6, 6.07) is 22.3. The maximum atomic E-state index is 12.1. The number of hydrogen-bond donors (Lipinski definition) is 1. The van der Waals surface area contributed by atoms with Crippen LogP contribution in [0.1, 0.15) is 5.56 Å². The summed E-state index contributed by atoms with van der Waals surface area (Å²) in [5, 5.41) is 2.77. The molecule has 1 amide bonds. The highest BCUT2D eigenvalue weighted by molar-refractivity contribution is 9.10. The fraction of sp³-hybridized carbons (Fsp3) is 0.0909. The molecule has 0 unspecified atom stereocenters. The third-order valence-corrected chi connectivity index (χ3v) is 4.35. The Balaban J connectivity index is 1.52. The van der Waals surface area contributed by atoms with Gasteiger partial charge in [0.2, 0.25) is 0 Å². The second kappa shape index (κ2) is 9.71. The number of benzene rings is 3. The molecule has 0 atom stereocenters. The van der Waals surface area contributed by atoms with Gasteiger partial charge in [-0.2, -0.15) is 0 Å². The first-order chi connectivity index (χ1) is 13.6. The Hall–Kier alpha value is -3.12. The molecular formula is C22H19BrN2O3. The highest BCUT2D eigenvalue weighted by atomic mass is 79.9. The van der Waals surface area contributed by atoms with Crippen LogP contribution in [0.3, 0.4) is 0 Å². The first-order valence-corrected chi connectivity index (χ1v) is 9.39. The number of nitrogens with one attached hydrogen (secondary N) is 1. The van der Waals surface area contributed by atoms with Crippen LogP contribution in [0.15, 0.2) is 82.3 Å². The van der Waals surface area contributed by atoms with Crippen LogP contribution in [0.5, 0.6) is 11.5 Å². The molecular weight excluding hydrogens is 420 g/mol. The Bertz CT molecular complexity index is 954. The van der Waals surface area contributed by atoms with Gasteiger partial charge in [0.15, 0.2) is 6.61 Å². The van der Waals surface area contributed by atoms with Gasteiger partial charge in [-0.15, -0.1) is 0 Å². The maximum absolute atomic E-state index is 12.1. The van der Waals surface area contributed by atoms with Crippen molar-refractivity contribution in [2.24, 2.45) is 4.99 Å². The van der Waals surface area contributed by atoms with Crippen LogP contribution in [0.2, 0.25) is 0 Å². The van der Waals surface area contributed by atoms with E-state index < -0.39 is 0 Å². The van der Waals surface area contributed by atoms with Crippen LogP contribution in [0.25, 0.3) is 0 Å². The minimum Gasteiger partial charge on any atom is -0.495 e. The van der Waals surface area contributed by atoms with Gasteiger partial charge in [-0.3, -0.25) is 9.79 Å². The van der Waals surface area contributed by atoms with E-state index in [0.717, 1.165) is 15.7 Å². The lowest BCUT2D eigenvalue weighted by atomic mass is 10.2. The Morgan fingerprint density at radius 1 is 1.04 bits per heavy atom. The zero-order valence-electron chi connectivity index (χ0n) is 15.3. The molecule has 0 aliphatic rings. The molecule has 3 aromatic rings. The van der Waals surface area contributed by atoms with E-state index in [9.17, 15) is 4.79 Å². The van der Waals surface area contributed by atoms with Gasteiger partial charge >= 0.3 is 0 Å². The number of aliphatic imine (C=N–C) groups is 1. The van der Waals surface area contributed by atoms with E-state index >= 15 is 0 Å². The zero-order chi connectivity index (χ0) is 19.8. The summed E-state index contributed by atoms with van der Waals surface area (Å²) >= 11 is 3.40. The third-order valence-electron chi connectivity index (χ3n) is 3.82. The molecule has 0 aromatic heterocycles. The average molecular weight is 439 g/mol. The van der Waals surface area contributed by atoms with E-state index in [2.05, 4.69) is 26.2 Å². The van der Waals surface area contributed by atoms with Crippen molar-refractivity contribution in [3.8, 4) is 11.5 Å². The highest BCUT2D eigenvalue weighted by Crippen LogP contribution is 2.23. The lowest BCUT2D eigenvalue weighted by Gasteiger charge is -2.10. The predicted octanol–water partition coefficient (Wildman–Crippen LogP) is 5.23. The minimum atomic E-state index is -0.259. The first-order valence-electron chi connectivity index (χ1n) is 8.59. The number of hydrogen-bond acceptors (Lipinski definition) is 4. The van der Waals surface area contributed by atoms with Crippen LogP contribution >= 0.6 is 15.9 Å². The fourth-order valence-corrected chi connectivity index (χ4v) is 2.67. The van der Waals surface area contributed by atoms with Crippen molar-refractivity contribution in [3.63, 3.8) is 0 Å². The standard InChI is InChI=1S/C22H19BrN2O3/c1-27-21-5-3-2-4-20(21)25-22(26)15-28-19-12-6-16(7-13-19)14-24-18-10-8-17(23)9-11-18/h2-14H,15H2,1H3,(H,25,26). The summed E-state index contributed by atoms with van der Waals surface area (Å²) in [7, 11) is 1.56. The molecule has 1 N–H and O–H groups in total. The molecule has 5 nitrogen and oxygen atoms in total. The van der Waals surface area contributed by atoms with Crippen molar-refractivity contribution in [2.75, 3.05) is 19.0 Å². The number of amides is 1. The summed E-state index contributed by atoms with van der Waals surface area (Å²) in [6.45, 7) is -0.0929. The molecule has 0 saturated carbocycles. The van der Waals surface area contributed by atoms with Crippen molar-refractivity contribution in [2.45, 2.75) is 0 Å². The van der Waals surface area contributed by atoms with Crippen LogP contribution in [-0.2, 0) is 4.79 Å². The second-order valence-corrected chi connectivity index (χ2v) is 6.76. The van der Waals surface area contributed by atoms with Gasteiger partial charge in [-0.25, -0.2) is 0 Å². The second-order valence-electron chi connectivity index (χ2n) is 5.84. The van der Waals surface area contributed by atoms with E-state index in [-0.39, 0.29) is 12.5 Å². The SMILES string of the molecule is COc1ccccc1NC(=O)COc1ccc(C=Nc2ccc(Br)cc2)cc1. The van der Waals surface area contributed by atoms with E-state index in [0.29, 0.717) is 17.2 Å². The molecule has 0 saturated heterocycles. The maximum Gasteiger partial charge on any atom is 0.262 e. The molecule has 0 fully saturated rings. The lowest BCUT2D eigenvalue weighted by molar-refractivity contribution is -0.118. The lowest BCUT2D eigenvalue weighted by Crippen LogP contribution is -2.20. The van der Waals surface area contributed by atoms with Crippen LogP contribution in [0.4, 0.5) is 11.4 Å². The first kappa shape index (κ1) is 19.6. The molecule has 0 radical (unpaired) electrons. The number of carbonyl (C=O) groups excluding carboxylic acids is 1. The van der Waals surface area contributed by atoms with Gasteiger partial charge in [-0.1, -0.05) is 28.1 Å². The van der Waals surface area contributed by atoms with Crippen LogP contribution < -0.4 is 14.8 Å².